The fourth-order valence-electron chi connectivity index (χ4n) is 1.50. The first-order chi connectivity index (χ1) is 6.47. The van der Waals surface area contributed by atoms with Crippen molar-refractivity contribution in [3.63, 3.8) is 0 Å². The van der Waals surface area contributed by atoms with Crippen molar-refractivity contribution in [1.29, 1.82) is 0 Å². The Morgan fingerprint density at radius 3 is 2.07 bits per heavy atom. The van der Waals surface area contributed by atoms with Crippen LogP contribution >= 0.6 is 0 Å². The molecule has 0 aliphatic heterocycles. The number of alkyl halides is 2. The van der Waals surface area contributed by atoms with Crippen LogP contribution in [-0.2, 0) is 6.42 Å². The highest BCUT2D eigenvalue weighted by Crippen LogP contribution is 2.50. The van der Waals surface area contributed by atoms with Gasteiger partial charge in [0.25, 0.3) is 5.92 Å². The van der Waals surface area contributed by atoms with Crippen LogP contribution in [0.3, 0.4) is 0 Å². The van der Waals surface area contributed by atoms with Crippen molar-refractivity contribution < 1.29 is 17.6 Å². The first kappa shape index (κ1) is 9.49. The van der Waals surface area contributed by atoms with Gasteiger partial charge in [0, 0.05) is 18.4 Å². The second-order valence-electron chi connectivity index (χ2n) is 3.64. The average molecular weight is 204 g/mol. The Hall–Kier alpha value is -1.06. The summed E-state index contributed by atoms with van der Waals surface area (Å²) in [5, 5.41) is 0. The van der Waals surface area contributed by atoms with Crippen LogP contribution in [-0.4, -0.2) is 5.92 Å². The van der Waals surface area contributed by atoms with Gasteiger partial charge in [0.05, 0.1) is 0 Å². The lowest BCUT2D eigenvalue weighted by Gasteiger charge is -2.00. The Morgan fingerprint density at radius 2 is 1.64 bits per heavy atom. The molecule has 0 bridgehead atoms. The van der Waals surface area contributed by atoms with Crippen LogP contribution in [0.15, 0.2) is 18.2 Å². The molecule has 76 valence electrons. The van der Waals surface area contributed by atoms with Gasteiger partial charge in [-0.1, -0.05) is 0 Å². The molecule has 14 heavy (non-hydrogen) atoms. The molecule has 1 aromatic carbocycles. The van der Waals surface area contributed by atoms with Crippen LogP contribution in [0.1, 0.15) is 12.0 Å². The van der Waals surface area contributed by atoms with Gasteiger partial charge in [-0.05, 0) is 24.1 Å². The summed E-state index contributed by atoms with van der Waals surface area (Å²) in [7, 11) is 0. The van der Waals surface area contributed by atoms with Gasteiger partial charge in [-0.2, -0.15) is 0 Å². The molecule has 0 heterocycles. The van der Waals surface area contributed by atoms with E-state index in [1.807, 2.05) is 0 Å². The molecule has 0 spiro atoms. The van der Waals surface area contributed by atoms with Crippen LogP contribution < -0.4 is 0 Å². The van der Waals surface area contributed by atoms with Crippen LogP contribution in [0, 0.1) is 17.6 Å². The second-order valence-corrected chi connectivity index (χ2v) is 3.64. The Bertz CT molecular complexity index is 339. The van der Waals surface area contributed by atoms with Crippen LogP contribution in [0.25, 0.3) is 0 Å². The molecule has 0 radical (unpaired) electrons. The van der Waals surface area contributed by atoms with Gasteiger partial charge in [0.1, 0.15) is 11.6 Å². The monoisotopic (exact) mass is 204 g/mol. The molecule has 2 rings (SSSR count). The molecular weight excluding hydrogens is 196 g/mol. The molecule has 0 amide bonds. The van der Waals surface area contributed by atoms with Crippen LogP contribution in [0.4, 0.5) is 17.6 Å². The van der Waals surface area contributed by atoms with Gasteiger partial charge in [0.15, 0.2) is 0 Å². The minimum atomic E-state index is -2.64. The number of rotatable bonds is 2. The van der Waals surface area contributed by atoms with Crippen molar-refractivity contribution in [2.45, 2.75) is 18.8 Å². The van der Waals surface area contributed by atoms with Crippen LogP contribution in [0.5, 0.6) is 0 Å². The van der Waals surface area contributed by atoms with E-state index in [1.165, 1.54) is 0 Å². The first-order valence-corrected chi connectivity index (χ1v) is 4.30. The van der Waals surface area contributed by atoms with Crippen molar-refractivity contribution in [1.82, 2.24) is 0 Å². The highest BCUT2D eigenvalue weighted by atomic mass is 19.3. The minimum absolute atomic E-state index is 0.0433. The number of hydrogen-bond acceptors (Lipinski definition) is 0. The van der Waals surface area contributed by atoms with Gasteiger partial charge in [-0.15, -0.1) is 0 Å². The maximum atomic E-state index is 12.7. The van der Waals surface area contributed by atoms with E-state index >= 15 is 0 Å². The predicted octanol–water partition coefficient (Wildman–Crippen LogP) is 3.16. The van der Waals surface area contributed by atoms with E-state index in [2.05, 4.69) is 0 Å². The Balaban J connectivity index is 2.10. The molecule has 0 N–H and O–H groups in total. The van der Waals surface area contributed by atoms with Crippen molar-refractivity contribution in [3.05, 3.63) is 35.4 Å². The Labute approximate surface area is 78.5 Å². The zero-order valence-corrected chi connectivity index (χ0v) is 7.24. The van der Waals surface area contributed by atoms with Crippen molar-refractivity contribution in [2.24, 2.45) is 5.92 Å². The number of hydrogen-bond donors (Lipinski definition) is 0. The fraction of sp³-hybridized carbons (Fsp3) is 0.400. The van der Waals surface area contributed by atoms with E-state index in [0.29, 0.717) is 5.56 Å². The summed E-state index contributed by atoms with van der Waals surface area (Å²) in [4.78, 5) is 0. The second kappa shape index (κ2) is 2.97. The molecule has 4 heteroatoms. The Morgan fingerprint density at radius 1 is 1.14 bits per heavy atom. The molecule has 1 aliphatic carbocycles. The van der Waals surface area contributed by atoms with Crippen molar-refractivity contribution >= 4 is 0 Å². The summed E-state index contributed by atoms with van der Waals surface area (Å²) in [6.45, 7) is 0. The SMILES string of the molecule is Fc1cc(F)cc(CC2CC2(F)F)c1. The predicted molar refractivity (Wildman–Crippen MR) is 43.1 cm³/mol. The van der Waals surface area contributed by atoms with E-state index in [0.717, 1.165) is 18.2 Å². The van der Waals surface area contributed by atoms with E-state index in [4.69, 9.17) is 0 Å². The molecule has 1 atom stereocenters. The zero-order valence-electron chi connectivity index (χ0n) is 7.24. The molecule has 1 aliphatic rings. The molecule has 1 aromatic rings. The molecule has 1 saturated carbocycles. The largest absolute Gasteiger partial charge is 0.251 e. The van der Waals surface area contributed by atoms with Crippen LogP contribution in [0.2, 0.25) is 0 Å². The van der Waals surface area contributed by atoms with E-state index in [1.54, 1.807) is 0 Å². The minimum Gasteiger partial charge on any atom is -0.207 e. The average Bonchev–Trinajstić information content (AvgIpc) is 2.55. The number of benzene rings is 1. The van der Waals surface area contributed by atoms with E-state index < -0.39 is 23.5 Å². The maximum Gasteiger partial charge on any atom is 0.251 e. The first-order valence-electron chi connectivity index (χ1n) is 4.30. The third kappa shape index (κ3) is 1.89. The molecule has 0 nitrogen and oxygen atoms in total. The van der Waals surface area contributed by atoms with Gasteiger partial charge in [-0.25, -0.2) is 17.6 Å². The quantitative estimate of drug-likeness (QED) is 0.649. The highest BCUT2D eigenvalue weighted by Gasteiger charge is 2.56. The third-order valence-corrected chi connectivity index (χ3v) is 2.36. The summed E-state index contributed by atoms with van der Waals surface area (Å²) < 4.78 is 50.3. The summed E-state index contributed by atoms with van der Waals surface area (Å²) in [5.74, 6) is -4.82. The molecule has 0 saturated heterocycles. The lowest BCUT2D eigenvalue weighted by Crippen LogP contribution is -1.98. The third-order valence-electron chi connectivity index (χ3n) is 2.36. The molecule has 0 aromatic heterocycles. The Kier molecular flexibility index (Phi) is 2.01. The van der Waals surface area contributed by atoms with Gasteiger partial charge < -0.3 is 0 Å². The lowest BCUT2D eigenvalue weighted by molar-refractivity contribution is 0.0989. The summed E-state index contributed by atoms with van der Waals surface area (Å²) in [6.07, 6.45) is -0.132. The maximum absolute atomic E-state index is 12.7. The highest BCUT2D eigenvalue weighted by molar-refractivity contribution is 5.20. The van der Waals surface area contributed by atoms with Crippen molar-refractivity contribution in [2.75, 3.05) is 0 Å². The van der Waals surface area contributed by atoms with E-state index in [9.17, 15) is 17.6 Å². The summed E-state index contributed by atoms with van der Waals surface area (Å²) in [5.41, 5.74) is 0.296. The molecule has 1 unspecified atom stereocenters. The topological polar surface area (TPSA) is 0 Å². The normalized spacial score (nSPS) is 23.6. The zero-order chi connectivity index (χ0) is 10.3. The molecular formula is C10H8F4. The summed E-state index contributed by atoms with van der Waals surface area (Å²) >= 11 is 0. The molecule has 1 fully saturated rings. The smallest absolute Gasteiger partial charge is 0.207 e. The standard InChI is InChI=1S/C10H8F4/c11-8-2-6(3-9(12)4-8)1-7-5-10(7,13)14/h2-4,7H,1,5H2. The fourth-order valence-corrected chi connectivity index (χ4v) is 1.50. The van der Waals surface area contributed by atoms with Gasteiger partial charge >= 0.3 is 0 Å². The van der Waals surface area contributed by atoms with E-state index in [-0.39, 0.29) is 12.8 Å². The van der Waals surface area contributed by atoms with Crippen molar-refractivity contribution in [3.8, 4) is 0 Å². The van der Waals surface area contributed by atoms with Gasteiger partial charge in [-0.3, -0.25) is 0 Å². The number of halogens is 4. The van der Waals surface area contributed by atoms with Gasteiger partial charge in [0.2, 0.25) is 0 Å². The summed E-state index contributed by atoms with van der Waals surface area (Å²) in [6, 6.07) is 2.92. The lowest BCUT2D eigenvalue weighted by atomic mass is 10.1.